The van der Waals surface area contributed by atoms with Gasteiger partial charge in [-0.15, -0.1) is 0 Å². The minimum Gasteiger partial charge on any atom is -0.444 e. The molecule has 29 heavy (non-hydrogen) atoms. The van der Waals surface area contributed by atoms with E-state index >= 15 is 0 Å². The maximum Gasteiger partial charge on any atom is 0.413 e. The first-order valence-corrected chi connectivity index (χ1v) is 10.6. The summed E-state index contributed by atoms with van der Waals surface area (Å²) in [5.74, 6) is -0.425. The molecular weight excluding hydrogens is 374 g/mol. The maximum atomic E-state index is 13.4. The van der Waals surface area contributed by atoms with E-state index in [-0.39, 0.29) is 17.7 Å². The molecule has 2 aliphatic heterocycles. The summed E-state index contributed by atoms with van der Waals surface area (Å²) in [6, 6.07) is -0.780. The molecule has 166 valence electrons. The summed E-state index contributed by atoms with van der Waals surface area (Å²) in [5, 5.41) is 2.92. The molecule has 0 aromatic heterocycles. The summed E-state index contributed by atoms with van der Waals surface area (Å²) in [6.07, 6.45) is 1.35. The van der Waals surface area contributed by atoms with E-state index in [0.717, 1.165) is 19.3 Å². The molecular formula is C21H37N3O5. The lowest BCUT2D eigenvalue weighted by Gasteiger charge is -2.38. The second kappa shape index (κ2) is 8.90. The van der Waals surface area contributed by atoms with Crippen LogP contribution in [0, 0.1) is 5.92 Å². The van der Waals surface area contributed by atoms with E-state index in [0.29, 0.717) is 19.6 Å². The molecule has 0 radical (unpaired) electrons. The zero-order chi connectivity index (χ0) is 22.0. The molecule has 0 spiro atoms. The van der Waals surface area contributed by atoms with Gasteiger partial charge >= 0.3 is 6.09 Å². The lowest BCUT2D eigenvalue weighted by molar-refractivity contribution is -0.141. The Hall–Kier alpha value is -1.83. The van der Waals surface area contributed by atoms with Crippen molar-refractivity contribution in [3.05, 3.63) is 0 Å². The fourth-order valence-electron chi connectivity index (χ4n) is 4.05. The number of rotatable bonds is 4. The van der Waals surface area contributed by atoms with Crippen LogP contribution in [0.2, 0.25) is 0 Å². The predicted octanol–water partition coefficient (Wildman–Crippen LogP) is 2.51. The zero-order valence-corrected chi connectivity index (χ0v) is 18.9. The third kappa shape index (κ3) is 5.62. The van der Waals surface area contributed by atoms with Gasteiger partial charge in [-0.1, -0.05) is 6.92 Å². The van der Waals surface area contributed by atoms with E-state index in [1.165, 1.54) is 4.90 Å². The highest BCUT2D eigenvalue weighted by Gasteiger charge is 2.54. The van der Waals surface area contributed by atoms with Crippen LogP contribution >= 0.6 is 0 Å². The van der Waals surface area contributed by atoms with Gasteiger partial charge in [0.1, 0.15) is 17.4 Å². The average Bonchev–Trinajstić information content (AvgIpc) is 2.86. The van der Waals surface area contributed by atoms with Crippen LogP contribution in [0.4, 0.5) is 4.79 Å². The number of carbonyl (C=O) groups is 3. The summed E-state index contributed by atoms with van der Waals surface area (Å²) in [6.45, 7) is 14.3. The fraction of sp³-hybridized carbons (Fsp3) is 0.857. The van der Waals surface area contributed by atoms with Crippen LogP contribution in [0.25, 0.3) is 0 Å². The SMILES string of the molecule is CCCNC(=O)[C@@H]1CCCN(C(=O)[C@H]2[C@@H](C)OC(C)(C)N2C(=O)OC(C)(C)C)C1. The molecule has 0 aromatic rings. The molecule has 8 heteroatoms. The van der Waals surface area contributed by atoms with Gasteiger partial charge in [-0.2, -0.15) is 0 Å². The molecule has 2 rings (SSSR count). The Morgan fingerprint density at radius 2 is 1.90 bits per heavy atom. The van der Waals surface area contributed by atoms with E-state index in [1.807, 2.05) is 6.92 Å². The highest BCUT2D eigenvalue weighted by molar-refractivity contribution is 5.88. The molecule has 0 unspecified atom stereocenters. The zero-order valence-electron chi connectivity index (χ0n) is 18.9. The molecule has 1 N–H and O–H groups in total. The number of likely N-dealkylation sites (tertiary alicyclic amines) is 1. The first-order chi connectivity index (χ1) is 13.4. The van der Waals surface area contributed by atoms with Crippen LogP contribution in [-0.4, -0.2) is 70.8 Å². The number of piperidine rings is 1. The van der Waals surface area contributed by atoms with E-state index in [1.54, 1.807) is 46.4 Å². The molecule has 0 aromatic carbocycles. The Morgan fingerprint density at radius 3 is 2.48 bits per heavy atom. The summed E-state index contributed by atoms with van der Waals surface area (Å²) in [4.78, 5) is 41.8. The van der Waals surface area contributed by atoms with Crippen LogP contribution in [0.1, 0.15) is 67.7 Å². The van der Waals surface area contributed by atoms with Gasteiger partial charge in [0.15, 0.2) is 0 Å². The third-order valence-electron chi connectivity index (χ3n) is 5.27. The van der Waals surface area contributed by atoms with E-state index in [4.69, 9.17) is 9.47 Å². The summed E-state index contributed by atoms with van der Waals surface area (Å²) in [5.41, 5.74) is -1.64. The molecule has 2 fully saturated rings. The maximum absolute atomic E-state index is 13.4. The number of hydrogen-bond acceptors (Lipinski definition) is 5. The van der Waals surface area contributed by atoms with Gasteiger partial charge < -0.3 is 19.7 Å². The van der Waals surface area contributed by atoms with Gasteiger partial charge in [0.25, 0.3) is 0 Å². The number of ether oxygens (including phenoxy) is 2. The molecule has 0 bridgehead atoms. The van der Waals surface area contributed by atoms with E-state index in [2.05, 4.69) is 5.32 Å². The first kappa shape index (κ1) is 23.4. The van der Waals surface area contributed by atoms with Gasteiger partial charge in [-0.05, 0) is 60.8 Å². The van der Waals surface area contributed by atoms with E-state index < -0.39 is 29.6 Å². The summed E-state index contributed by atoms with van der Waals surface area (Å²) in [7, 11) is 0. The van der Waals surface area contributed by atoms with Crippen molar-refractivity contribution in [2.75, 3.05) is 19.6 Å². The number of amides is 3. The number of nitrogens with zero attached hydrogens (tertiary/aromatic N) is 2. The van der Waals surface area contributed by atoms with Gasteiger partial charge in [0, 0.05) is 19.6 Å². The van der Waals surface area contributed by atoms with Crippen LogP contribution in [0.15, 0.2) is 0 Å². The molecule has 0 aliphatic carbocycles. The second-order valence-electron chi connectivity index (χ2n) is 9.48. The Morgan fingerprint density at radius 1 is 1.24 bits per heavy atom. The van der Waals surface area contributed by atoms with Crippen molar-refractivity contribution in [3.63, 3.8) is 0 Å². The predicted molar refractivity (Wildman–Crippen MR) is 109 cm³/mol. The van der Waals surface area contributed by atoms with Gasteiger partial charge in [0.05, 0.1) is 12.0 Å². The van der Waals surface area contributed by atoms with Crippen molar-refractivity contribution >= 4 is 17.9 Å². The van der Waals surface area contributed by atoms with Crippen molar-refractivity contribution in [2.24, 2.45) is 5.92 Å². The van der Waals surface area contributed by atoms with Crippen molar-refractivity contribution in [1.29, 1.82) is 0 Å². The van der Waals surface area contributed by atoms with Gasteiger partial charge in [-0.25, -0.2) is 4.79 Å². The molecule has 3 atom stereocenters. The van der Waals surface area contributed by atoms with Crippen LogP contribution in [0.5, 0.6) is 0 Å². The van der Waals surface area contributed by atoms with Crippen molar-refractivity contribution in [3.8, 4) is 0 Å². The first-order valence-electron chi connectivity index (χ1n) is 10.6. The number of nitrogens with one attached hydrogen (secondary N) is 1. The lowest BCUT2D eigenvalue weighted by atomic mass is 9.96. The third-order valence-corrected chi connectivity index (χ3v) is 5.27. The molecule has 2 saturated heterocycles. The smallest absolute Gasteiger partial charge is 0.413 e. The van der Waals surface area contributed by atoms with Crippen molar-refractivity contribution < 1.29 is 23.9 Å². The summed E-state index contributed by atoms with van der Waals surface area (Å²) >= 11 is 0. The van der Waals surface area contributed by atoms with Crippen molar-refractivity contribution in [2.45, 2.75) is 91.2 Å². The molecule has 8 nitrogen and oxygen atoms in total. The topological polar surface area (TPSA) is 88.2 Å². The Balaban J connectivity index is 2.17. The molecule has 2 aliphatic rings. The van der Waals surface area contributed by atoms with Crippen molar-refractivity contribution in [1.82, 2.24) is 15.1 Å². The van der Waals surface area contributed by atoms with Gasteiger partial charge in [-0.3, -0.25) is 14.5 Å². The van der Waals surface area contributed by atoms with Gasteiger partial charge in [0.2, 0.25) is 11.8 Å². The minimum absolute atomic E-state index is 0.00982. The highest BCUT2D eigenvalue weighted by atomic mass is 16.6. The Kier molecular flexibility index (Phi) is 7.19. The monoisotopic (exact) mass is 411 g/mol. The molecule has 2 heterocycles. The molecule has 0 saturated carbocycles. The minimum atomic E-state index is -0.963. The van der Waals surface area contributed by atoms with Crippen LogP contribution in [0.3, 0.4) is 0 Å². The average molecular weight is 412 g/mol. The number of hydrogen-bond donors (Lipinski definition) is 1. The summed E-state index contributed by atoms with van der Waals surface area (Å²) < 4.78 is 11.5. The largest absolute Gasteiger partial charge is 0.444 e. The van der Waals surface area contributed by atoms with E-state index in [9.17, 15) is 14.4 Å². The molecule has 3 amide bonds. The second-order valence-corrected chi connectivity index (χ2v) is 9.48. The quantitative estimate of drug-likeness (QED) is 0.768. The Bertz CT molecular complexity index is 628. The van der Waals surface area contributed by atoms with Crippen LogP contribution < -0.4 is 5.32 Å². The highest BCUT2D eigenvalue weighted by Crippen LogP contribution is 2.35. The lowest BCUT2D eigenvalue weighted by Crippen LogP contribution is -2.58. The Labute approximate surface area is 174 Å². The fourth-order valence-corrected chi connectivity index (χ4v) is 4.05. The number of carbonyl (C=O) groups excluding carboxylic acids is 3. The normalized spacial score (nSPS) is 26.9. The standard InChI is InChI=1S/C21H37N3O5/c1-8-11-22-17(25)15-10-9-12-23(13-15)18(26)16-14(2)28-21(6,7)24(16)19(27)29-20(3,4)5/h14-16H,8-13H2,1-7H3,(H,22,25)/t14-,15-,16-/m1/s1. The van der Waals surface area contributed by atoms with Crippen LogP contribution in [-0.2, 0) is 19.1 Å².